The number of para-hydroxylation sites is 1. The molecule has 0 radical (unpaired) electrons. The third-order valence-electron chi connectivity index (χ3n) is 4.81. The number of carbonyl (C=O) groups excluding carboxylic acids is 4. The Kier molecular flexibility index (Phi) is 6.85. The molecule has 0 atom stereocenters. The van der Waals surface area contributed by atoms with E-state index in [9.17, 15) is 19.2 Å². The van der Waals surface area contributed by atoms with E-state index in [2.05, 4.69) is 10.1 Å². The number of rotatable bonds is 6. The molecule has 172 valence electrons. The monoisotopic (exact) mass is 496 g/mol. The minimum atomic E-state index is -0.593. The van der Waals surface area contributed by atoms with E-state index in [4.69, 9.17) is 16.0 Å². The van der Waals surface area contributed by atoms with E-state index in [0.717, 1.165) is 22.2 Å². The van der Waals surface area contributed by atoms with Gasteiger partial charge in [-0.15, -0.1) is 0 Å². The quantitative estimate of drug-likeness (QED) is 0.375. The topological polar surface area (TPSA) is 106 Å². The van der Waals surface area contributed by atoms with Crippen LogP contribution in [0.3, 0.4) is 0 Å². The molecule has 0 spiro atoms. The summed E-state index contributed by atoms with van der Waals surface area (Å²) < 4.78 is 10.4. The minimum absolute atomic E-state index is 0.137. The van der Waals surface area contributed by atoms with Gasteiger partial charge < -0.3 is 14.5 Å². The van der Waals surface area contributed by atoms with Crippen LogP contribution in [0, 0.1) is 0 Å². The molecule has 2 heterocycles. The number of nitrogens with one attached hydrogen (secondary N) is 1. The molecule has 10 heteroatoms. The van der Waals surface area contributed by atoms with Gasteiger partial charge in [-0.3, -0.25) is 19.3 Å². The number of methoxy groups -OCH3 is 1. The number of ether oxygens (including phenoxy) is 1. The molecule has 0 bridgehead atoms. The summed E-state index contributed by atoms with van der Waals surface area (Å²) >= 11 is 6.75. The summed E-state index contributed by atoms with van der Waals surface area (Å²) in [5.41, 5.74) is 1.52. The Morgan fingerprint density at radius 2 is 1.82 bits per heavy atom. The second-order valence-electron chi connectivity index (χ2n) is 7.07. The molecule has 3 amide bonds. The van der Waals surface area contributed by atoms with Crippen LogP contribution in [0.25, 0.3) is 17.4 Å². The fourth-order valence-electron chi connectivity index (χ4n) is 3.14. The lowest BCUT2D eigenvalue weighted by molar-refractivity contribution is -0.127. The molecule has 34 heavy (non-hydrogen) atoms. The van der Waals surface area contributed by atoms with Crippen molar-refractivity contribution in [2.45, 2.75) is 0 Å². The van der Waals surface area contributed by atoms with Crippen LogP contribution >= 0.6 is 23.4 Å². The predicted molar refractivity (Wildman–Crippen MR) is 128 cm³/mol. The molecule has 1 aromatic heterocycles. The molecule has 2 aromatic carbocycles. The molecule has 1 aliphatic rings. The van der Waals surface area contributed by atoms with Crippen molar-refractivity contribution < 1.29 is 28.3 Å². The summed E-state index contributed by atoms with van der Waals surface area (Å²) in [6.07, 6.45) is 1.45. The highest BCUT2D eigenvalue weighted by molar-refractivity contribution is 8.18. The van der Waals surface area contributed by atoms with E-state index in [1.54, 1.807) is 60.7 Å². The summed E-state index contributed by atoms with van der Waals surface area (Å²) in [5, 5.41) is 2.37. The fraction of sp³-hybridized carbons (Fsp3) is 0.0833. The first kappa shape index (κ1) is 23.3. The van der Waals surface area contributed by atoms with Gasteiger partial charge in [0.05, 0.1) is 28.3 Å². The van der Waals surface area contributed by atoms with Gasteiger partial charge in [-0.1, -0.05) is 35.9 Å². The Morgan fingerprint density at radius 3 is 2.53 bits per heavy atom. The van der Waals surface area contributed by atoms with Crippen molar-refractivity contribution in [3.8, 4) is 11.3 Å². The smallest absolute Gasteiger partial charge is 0.337 e. The van der Waals surface area contributed by atoms with Crippen LogP contribution in [-0.2, 0) is 14.3 Å². The summed E-state index contributed by atoms with van der Waals surface area (Å²) in [5.74, 6) is -0.709. The number of amides is 3. The van der Waals surface area contributed by atoms with E-state index in [-0.39, 0.29) is 4.91 Å². The van der Waals surface area contributed by atoms with Crippen LogP contribution in [0.2, 0.25) is 5.02 Å². The highest BCUT2D eigenvalue weighted by Crippen LogP contribution is 2.33. The number of thioether (sulfide) groups is 1. The molecule has 1 N–H and O–H groups in total. The third-order valence-corrected chi connectivity index (χ3v) is 6.05. The van der Waals surface area contributed by atoms with Gasteiger partial charge in [0, 0.05) is 11.6 Å². The SMILES string of the molecule is COC(=O)c1ccc(-c2ccc(/C=C3/SC(=O)N(CC(=O)Nc4ccccc4Cl)C3=O)o2)cc1. The van der Waals surface area contributed by atoms with Gasteiger partial charge in [-0.05, 0) is 48.2 Å². The molecule has 0 saturated carbocycles. The van der Waals surface area contributed by atoms with Crippen molar-refractivity contribution >= 4 is 58.1 Å². The van der Waals surface area contributed by atoms with E-state index in [0.29, 0.717) is 27.8 Å². The van der Waals surface area contributed by atoms with Crippen molar-refractivity contribution in [1.82, 2.24) is 4.90 Å². The normalized spacial score (nSPS) is 14.5. The molecule has 0 aliphatic carbocycles. The molecular formula is C24H17ClN2O6S. The predicted octanol–water partition coefficient (Wildman–Crippen LogP) is 5.06. The van der Waals surface area contributed by atoms with Crippen molar-refractivity contribution in [1.29, 1.82) is 0 Å². The number of nitrogens with zero attached hydrogens (tertiary/aromatic N) is 1. The van der Waals surface area contributed by atoms with E-state index in [1.165, 1.54) is 13.2 Å². The number of anilines is 1. The average molecular weight is 497 g/mol. The number of hydrogen-bond acceptors (Lipinski definition) is 7. The van der Waals surface area contributed by atoms with Crippen molar-refractivity contribution in [3.05, 3.63) is 81.9 Å². The van der Waals surface area contributed by atoms with Gasteiger partial charge in [0.15, 0.2) is 0 Å². The number of imide groups is 1. The Morgan fingerprint density at radius 1 is 1.09 bits per heavy atom. The van der Waals surface area contributed by atoms with Gasteiger partial charge in [-0.25, -0.2) is 4.79 Å². The Bertz CT molecular complexity index is 1320. The van der Waals surface area contributed by atoms with Crippen LogP contribution < -0.4 is 5.32 Å². The number of esters is 1. The van der Waals surface area contributed by atoms with Crippen LogP contribution in [0.1, 0.15) is 16.1 Å². The molecule has 3 aromatic rings. The summed E-state index contributed by atoms with van der Waals surface area (Å²) in [7, 11) is 1.31. The van der Waals surface area contributed by atoms with Gasteiger partial charge in [0.25, 0.3) is 11.1 Å². The van der Waals surface area contributed by atoms with Gasteiger partial charge in [0.2, 0.25) is 5.91 Å². The molecular weight excluding hydrogens is 480 g/mol. The van der Waals surface area contributed by atoms with E-state index >= 15 is 0 Å². The second kappa shape index (κ2) is 9.98. The molecule has 4 rings (SSSR count). The Labute approximate surface area is 203 Å². The number of benzene rings is 2. The van der Waals surface area contributed by atoms with E-state index < -0.39 is 29.6 Å². The van der Waals surface area contributed by atoms with Gasteiger partial charge in [0.1, 0.15) is 18.1 Å². The maximum Gasteiger partial charge on any atom is 0.337 e. The molecule has 1 fully saturated rings. The lowest BCUT2D eigenvalue weighted by Crippen LogP contribution is -2.36. The molecule has 1 saturated heterocycles. The highest BCUT2D eigenvalue weighted by Gasteiger charge is 2.36. The first-order valence-electron chi connectivity index (χ1n) is 9.94. The second-order valence-corrected chi connectivity index (χ2v) is 8.47. The highest BCUT2D eigenvalue weighted by atomic mass is 35.5. The number of halogens is 1. The summed E-state index contributed by atoms with van der Waals surface area (Å²) in [4.78, 5) is 49.9. The fourth-order valence-corrected chi connectivity index (χ4v) is 4.14. The zero-order chi connectivity index (χ0) is 24.2. The van der Waals surface area contributed by atoms with Crippen LogP contribution in [0.15, 0.2) is 70.0 Å². The van der Waals surface area contributed by atoms with Crippen LogP contribution in [-0.4, -0.2) is 41.6 Å². The van der Waals surface area contributed by atoms with Crippen molar-refractivity contribution in [3.63, 3.8) is 0 Å². The zero-order valence-corrected chi connectivity index (χ0v) is 19.3. The van der Waals surface area contributed by atoms with Crippen molar-refractivity contribution in [2.24, 2.45) is 0 Å². The summed E-state index contributed by atoms with van der Waals surface area (Å²) in [6, 6.07) is 16.7. The largest absolute Gasteiger partial charge is 0.465 e. The van der Waals surface area contributed by atoms with E-state index in [1.807, 2.05) is 0 Å². The Balaban J connectivity index is 1.44. The standard InChI is InChI=1S/C24H17ClN2O6S/c1-32-23(30)15-8-6-14(7-9-15)19-11-10-16(33-19)12-20-22(29)27(24(31)34-20)13-21(28)26-18-5-3-2-4-17(18)25/h2-12H,13H2,1H3,(H,26,28)/b20-12+. The third kappa shape index (κ3) is 5.05. The maximum atomic E-state index is 12.7. The average Bonchev–Trinajstić information content (AvgIpc) is 3.40. The van der Waals surface area contributed by atoms with Crippen molar-refractivity contribution in [2.75, 3.05) is 19.0 Å². The molecule has 1 aliphatic heterocycles. The lowest BCUT2D eigenvalue weighted by atomic mass is 10.1. The Hall–Kier alpha value is -3.82. The molecule has 0 unspecified atom stereocenters. The summed E-state index contributed by atoms with van der Waals surface area (Å²) in [6.45, 7) is -0.441. The first-order chi connectivity index (χ1) is 16.4. The maximum absolute atomic E-state index is 12.7. The lowest BCUT2D eigenvalue weighted by Gasteiger charge is -2.13. The molecule has 8 nitrogen and oxygen atoms in total. The zero-order valence-electron chi connectivity index (χ0n) is 17.7. The van der Waals surface area contributed by atoms with Gasteiger partial charge >= 0.3 is 5.97 Å². The van der Waals surface area contributed by atoms with Gasteiger partial charge in [-0.2, -0.15) is 0 Å². The van der Waals surface area contributed by atoms with Crippen LogP contribution in [0.5, 0.6) is 0 Å². The number of carbonyl (C=O) groups is 4. The van der Waals surface area contributed by atoms with Crippen LogP contribution in [0.4, 0.5) is 10.5 Å². The first-order valence-corrected chi connectivity index (χ1v) is 11.1. The number of furan rings is 1. The number of hydrogen-bond donors (Lipinski definition) is 1. The minimum Gasteiger partial charge on any atom is -0.465 e.